The van der Waals surface area contributed by atoms with Gasteiger partial charge in [-0.2, -0.15) is 8.42 Å². The van der Waals surface area contributed by atoms with Gasteiger partial charge in [-0.05, 0) is 39.5 Å². The highest BCUT2D eigenvalue weighted by atomic mass is 32.3. The molecule has 0 aromatic rings. The number of alkyl carbamates (subject to hydrolysis) is 1. The van der Waals surface area contributed by atoms with E-state index in [1.54, 1.807) is 20.8 Å². The van der Waals surface area contributed by atoms with E-state index in [0.717, 1.165) is 12.8 Å². The number of rotatable bonds is 5. The molecule has 0 aliphatic heterocycles. The minimum absolute atomic E-state index is 0.0210. The second-order valence-corrected chi connectivity index (χ2v) is 8.99. The summed E-state index contributed by atoms with van der Waals surface area (Å²) in [6.45, 7) is 9.07. The molecule has 1 amide bonds. The predicted molar refractivity (Wildman–Crippen MR) is 83.8 cm³/mol. The third-order valence-corrected chi connectivity index (χ3v) is 4.98. The summed E-state index contributed by atoms with van der Waals surface area (Å²) in [4.78, 5) is 12.1. The lowest BCUT2D eigenvalue weighted by atomic mass is 9.75. The lowest BCUT2D eigenvalue weighted by Gasteiger charge is -2.39. The van der Waals surface area contributed by atoms with Crippen molar-refractivity contribution in [3.05, 3.63) is 0 Å². The maximum absolute atomic E-state index is 13.3. The zero-order chi connectivity index (χ0) is 17.2. The van der Waals surface area contributed by atoms with Gasteiger partial charge in [-0.3, -0.25) is 0 Å². The van der Waals surface area contributed by atoms with E-state index in [0.29, 0.717) is 12.8 Å². The molecule has 1 aliphatic rings. The minimum Gasteiger partial charge on any atom is -0.444 e. The van der Waals surface area contributed by atoms with Crippen molar-refractivity contribution in [3.8, 4) is 0 Å². The molecule has 0 radical (unpaired) electrons. The molecule has 1 unspecified atom stereocenters. The van der Waals surface area contributed by atoms with Crippen LogP contribution in [0.2, 0.25) is 0 Å². The van der Waals surface area contributed by atoms with Crippen molar-refractivity contribution >= 4 is 16.3 Å². The highest BCUT2D eigenvalue weighted by molar-refractivity contribution is 7.86. The Morgan fingerprint density at radius 1 is 1.27 bits per heavy atom. The quantitative estimate of drug-likeness (QED) is 0.781. The Kier molecular flexibility index (Phi) is 5.87. The zero-order valence-electron chi connectivity index (χ0n) is 14.1. The highest BCUT2D eigenvalue weighted by Crippen LogP contribution is 2.44. The first-order valence-corrected chi connectivity index (χ1v) is 9.32. The van der Waals surface area contributed by atoms with Crippen molar-refractivity contribution in [1.29, 1.82) is 0 Å². The maximum atomic E-state index is 13.3. The summed E-state index contributed by atoms with van der Waals surface area (Å²) < 4.78 is 41.1. The molecule has 1 saturated carbocycles. The number of ether oxygens (including phenoxy) is 1. The first-order valence-electron chi connectivity index (χ1n) is 7.76. The van der Waals surface area contributed by atoms with Crippen molar-refractivity contribution in [2.24, 2.45) is 11.3 Å². The Hall–Kier alpha value is -0.850. The third-order valence-electron chi connectivity index (χ3n) is 4.06. The summed E-state index contributed by atoms with van der Waals surface area (Å²) in [6, 6.07) is -0.435. The van der Waals surface area contributed by atoms with Crippen molar-refractivity contribution < 1.29 is 21.8 Å². The van der Waals surface area contributed by atoms with Gasteiger partial charge in [0, 0.05) is 11.5 Å². The Balaban J connectivity index is 2.98. The molecule has 130 valence electrons. The van der Waals surface area contributed by atoms with Gasteiger partial charge in [0.25, 0.3) is 0 Å². The molecule has 0 saturated heterocycles. The van der Waals surface area contributed by atoms with Crippen molar-refractivity contribution in [1.82, 2.24) is 5.32 Å². The van der Waals surface area contributed by atoms with Gasteiger partial charge < -0.3 is 10.1 Å². The summed E-state index contributed by atoms with van der Waals surface area (Å²) in [5.74, 6) is -0.564. The lowest BCUT2D eigenvalue weighted by Crippen LogP contribution is -2.53. The lowest BCUT2D eigenvalue weighted by molar-refractivity contribution is 0.0416. The molecule has 7 heteroatoms. The number of carbonyl (C=O) groups is 1. The second-order valence-electron chi connectivity index (χ2n) is 7.62. The van der Waals surface area contributed by atoms with Crippen molar-refractivity contribution in [2.45, 2.75) is 71.9 Å². The van der Waals surface area contributed by atoms with Crippen LogP contribution < -0.4 is 5.32 Å². The summed E-state index contributed by atoms with van der Waals surface area (Å²) in [6.07, 6.45) is 2.28. The number of hydrogen-bond donors (Lipinski definition) is 1. The first kappa shape index (κ1) is 19.2. The molecule has 1 N–H and O–H groups in total. The Labute approximate surface area is 133 Å². The van der Waals surface area contributed by atoms with E-state index in [-0.39, 0.29) is 5.92 Å². The molecule has 1 atom stereocenters. The molecule has 0 heterocycles. The summed E-state index contributed by atoms with van der Waals surface area (Å²) >= 11 is 0. The number of amides is 1. The van der Waals surface area contributed by atoms with Gasteiger partial charge in [-0.25, -0.2) is 4.79 Å². The molecule has 1 fully saturated rings. The molecule has 0 bridgehead atoms. The fourth-order valence-electron chi connectivity index (χ4n) is 3.43. The van der Waals surface area contributed by atoms with E-state index < -0.39 is 39.1 Å². The number of carbonyl (C=O) groups excluding carboxylic acids is 1. The van der Waals surface area contributed by atoms with Crippen LogP contribution in [0.15, 0.2) is 0 Å². The Morgan fingerprint density at radius 3 is 2.14 bits per heavy atom. The molecular formula is C15H28FNO4S. The third kappa shape index (κ3) is 5.74. The van der Waals surface area contributed by atoms with Gasteiger partial charge in [0.05, 0.1) is 5.75 Å². The van der Waals surface area contributed by atoms with E-state index in [1.807, 2.05) is 13.8 Å². The average Bonchev–Trinajstić information content (AvgIpc) is 2.69. The van der Waals surface area contributed by atoms with Crippen LogP contribution in [0.5, 0.6) is 0 Å². The SMILES string of the molecule is CC(C)C(NC(=O)OC(C)(C)C)C1(CS(=O)(=O)F)CCCC1. The van der Waals surface area contributed by atoms with Crippen molar-refractivity contribution in [3.63, 3.8) is 0 Å². The molecule has 5 nitrogen and oxygen atoms in total. The minimum atomic E-state index is -4.61. The van der Waals surface area contributed by atoms with Gasteiger partial charge in [-0.1, -0.05) is 26.7 Å². The highest BCUT2D eigenvalue weighted by Gasteiger charge is 2.47. The number of halogens is 1. The van der Waals surface area contributed by atoms with E-state index in [4.69, 9.17) is 4.74 Å². The second kappa shape index (κ2) is 6.72. The van der Waals surface area contributed by atoms with Gasteiger partial charge >= 0.3 is 16.3 Å². The first-order chi connectivity index (χ1) is 9.85. The van der Waals surface area contributed by atoms with E-state index in [2.05, 4.69) is 5.32 Å². The summed E-state index contributed by atoms with van der Waals surface area (Å²) in [5.41, 5.74) is -1.39. The monoisotopic (exact) mass is 337 g/mol. The molecule has 22 heavy (non-hydrogen) atoms. The standard InChI is InChI=1S/C15H28FNO4S/c1-11(2)12(17-13(18)21-14(3,4)5)15(8-6-7-9-15)10-22(16,19)20/h11-12H,6-10H2,1-5H3,(H,17,18). The van der Waals surface area contributed by atoms with Crippen LogP contribution in [0, 0.1) is 11.3 Å². The summed E-state index contributed by atoms with van der Waals surface area (Å²) in [7, 11) is -4.61. The van der Waals surface area contributed by atoms with Crippen molar-refractivity contribution in [2.75, 3.05) is 5.75 Å². The van der Waals surface area contributed by atoms with Gasteiger partial charge in [0.1, 0.15) is 5.60 Å². The van der Waals surface area contributed by atoms with E-state index >= 15 is 0 Å². The van der Waals surface area contributed by atoms with Crippen LogP contribution in [0.1, 0.15) is 60.3 Å². The molecule has 0 aromatic carbocycles. The smallest absolute Gasteiger partial charge is 0.407 e. The van der Waals surface area contributed by atoms with Crippen LogP contribution in [0.3, 0.4) is 0 Å². The van der Waals surface area contributed by atoms with Crippen LogP contribution in [0.4, 0.5) is 8.68 Å². The maximum Gasteiger partial charge on any atom is 0.407 e. The molecular weight excluding hydrogens is 309 g/mol. The summed E-state index contributed by atoms with van der Waals surface area (Å²) in [5, 5.41) is 2.79. The number of nitrogens with one attached hydrogen (secondary N) is 1. The van der Waals surface area contributed by atoms with Crippen LogP contribution in [-0.4, -0.2) is 31.9 Å². The topological polar surface area (TPSA) is 72.5 Å². The van der Waals surface area contributed by atoms with Gasteiger partial charge in [-0.15, -0.1) is 3.89 Å². The average molecular weight is 337 g/mol. The van der Waals surface area contributed by atoms with Crippen LogP contribution in [-0.2, 0) is 15.0 Å². The van der Waals surface area contributed by atoms with Gasteiger partial charge in [0.15, 0.2) is 0 Å². The normalized spacial score (nSPS) is 20.0. The fraction of sp³-hybridized carbons (Fsp3) is 0.933. The Morgan fingerprint density at radius 2 is 1.77 bits per heavy atom. The van der Waals surface area contributed by atoms with E-state index in [1.165, 1.54) is 0 Å². The van der Waals surface area contributed by atoms with E-state index in [9.17, 15) is 17.1 Å². The van der Waals surface area contributed by atoms with Crippen LogP contribution in [0.25, 0.3) is 0 Å². The molecule has 0 aromatic heterocycles. The predicted octanol–water partition coefficient (Wildman–Crippen LogP) is 3.40. The molecule has 1 aliphatic carbocycles. The number of hydrogen-bond acceptors (Lipinski definition) is 4. The van der Waals surface area contributed by atoms with Gasteiger partial charge in [0.2, 0.25) is 0 Å². The Bertz CT molecular complexity index is 490. The largest absolute Gasteiger partial charge is 0.444 e. The zero-order valence-corrected chi connectivity index (χ0v) is 14.9. The fourth-order valence-corrected chi connectivity index (χ4v) is 4.58. The van der Waals surface area contributed by atoms with Crippen LogP contribution >= 0.6 is 0 Å². The molecule has 0 spiro atoms. The molecule has 1 rings (SSSR count).